The van der Waals surface area contributed by atoms with E-state index in [1.807, 2.05) is 24.3 Å². The van der Waals surface area contributed by atoms with E-state index in [0.717, 1.165) is 10.0 Å². The average molecular weight is 296 g/mol. The van der Waals surface area contributed by atoms with Crippen LogP contribution in [0.2, 0.25) is 0 Å². The van der Waals surface area contributed by atoms with E-state index < -0.39 is 5.97 Å². The van der Waals surface area contributed by atoms with E-state index in [2.05, 4.69) is 31.1 Å². The summed E-state index contributed by atoms with van der Waals surface area (Å²) in [5, 5.41) is 6.53. The Labute approximate surface area is 106 Å². The number of hydrogen-bond donors (Lipinski definition) is 1. The van der Waals surface area contributed by atoms with Gasteiger partial charge in [-0.3, -0.25) is 5.10 Å². The molecular weight excluding hydrogens is 286 g/mol. The fourth-order valence-electron chi connectivity index (χ4n) is 1.31. The molecule has 88 valence electrons. The SMILES string of the molecule is CCOC(=O)c1nc(-c2cccc(Br)c2)n[nH]1. The molecule has 2 aromatic rings. The number of hydrogen-bond acceptors (Lipinski definition) is 4. The van der Waals surface area contributed by atoms with Crippen LogP contribution < -0.4 is 0 Å². The van der Waals surface area contributed by atoms with Crippen molar-refractivity contribution >= 4 is 21.9 Å². The van der Waals surface area contributed by atoms with Gasteiger partial charge in [-0.2, -0.15) is 5.10 Å². The monoisotopic (exact) mass is 295 g/mol. The Kier molecular flexibility index (Phi) is 3.53. The molecule has 1 aromatic carbocycles. The maximum absolute atomic E-state index is 11.4. The summed E-state index contributed by atoms with van der Waals surface area (Å²) in [5.74, 6) is 0.0809. The number of aromatic nitrogens is 3. The van der Waals surface area contributed by atoms with Gasteiger partial charge in [0.1, 0.15) is 0 Å². The molecule has 0 bridgehead atoms. The fourth-order valence-corrected chi connectivity index (χ4v) is 1.71. The summed E-state index contributed by atoms with van der Waals surface area (Å²) in [6, 6.07) is 7.52. The number of rotatable bonds is 3. The normalized spacial score (nSPS) is 10.2. The maximum atomic E-state index is 11.4. The van der Waals surface area contributed by atoms with Crippen molar-refractivity contribution in [1.82, 2.24) is 15.2 Å². The fraction of sp³-hybridized carbons (Fsp3) is 0.182. The van der Waals surface area contributed by atoms with E-state index in [-0.39, 0.29) is 5.82 Å². The zero-order chi connectivity index (χ0) is 12.3. The van der Waals surface area contributed by atoms with E-state index in [4.69, 9.17) is 4.74 Å². The van der Waals surface area contributed by atoms with E-state index in [9.17, 15) is 4.79 Å². The van der Waals surface area contributed by atoms with Crippen LogP contribution in [-0.4, -0.2) is 27.8 Å². The van der Waals surface area contributed by atoms with Gasteiger partial charge in [-0.05, 0) is 19.1 Å². The number of halogens is 1. The van der Waals surface area contributed by atoms with Crippen molar-refractivity contribution in [3.63, 3.8) is 0 Å². The summed E-state index contributed by atoms with van der Waals surface area (Å²) in [5.41, 5.74) is 0.825. The van der Waals surface area contributed by atoms with E-state index in [0.29, 0.717) is 12.4 Å². The van der Waals surface area contributed by atoms with Crippen molar-refractivity contribution in [2.45, 2.75) is 6.92 Å². The van der Waals surface area contributed by atoms with Crippen molar-refractivity contribution in [3.8, 4) is 11.4 Å². The first-order valence-electron chi connectivity index (χ1n) is 5.06. The molecule has 0 saturated heterocycles. The second-order valence-electron chi connectivity index (χ2n) is 3.24. The molecule has 1 aromatic heterocycles. The number of benzene rings is 1. The minimum absolute atomic E-state index is 0.113. The molecule has 1 N–H and O–H groups in total. The Morgan fingerprint density at radius 2 is 2.35 bits per heavy atom. The highest BCUT2D eigenvalue weighted by Crippen LogP contribution is 2.19. The second kappa shape index (κ2) is 5.09. The number of ether oxygens (including phenoxy) is 1. The summed E-state index contributed by atoms with van der Waals surface area (Å²) in [4.78, 5) is 15.5. The lowest BCUT2D eigenvalue weighted by Gasteiger charge is -1.96. The first kappa shape index (κ1) is 11.8. The largest absolute Gasteiger partial charge is 0.460 e. The smallest absolute Gasteiger partial charge is 0.375 e. The number of aromatic amines is 1. The molecule has 0 saturated carbocycles. The summed E-state index contributed by atoms with van der Waals surface area (Å²) in [7, 11) is 0. The van der Waals surface area contributed by atoms with E-state index >= 15 is 0 Å². The molecule has 0 spiro atoms. The molecule has 5 nitrogen and oxygen atoms in total. The van der Waals surface area contributed by atoms with Gasteiger partial charge in [0.2, 0.25) is 5.82 Å². The zero-order valence-corrected chi connectivity index (χ0v) is 10.7. The Balaban J connectivity index is 2.27. The highest BCUT2D eigenvalue weighted by atomic mass is 79.9. The third-order valence-corrected chi connectivity index (χ3v) is 2.53. The molecule has 0 aliphatic carbocycles. The standard InChI is InChI=1S/C11H10BrN3O2/c1-2-17-11(16)10-13-9(14-15-10)7-4-3-5-8(12)6-7/h3-6H,2H2,1H3,(H,13,14,15). The lowest BCUT2D eigenvalue weighted by molar-refractivity contribution is 0.0512. The van der Waals surface area contributed by atoms with Crippen molar-refractivity contribution in [1.29, 1.82) is 0 Å². The Bertz CT molecular complexity index is 539. The van der Waals surface area contributed by atoms with Crippen molar-refractivity contribution in [2.75, 3.05) is 6.61 Å². The molecular formula is C11H10BrN3O2. The van der Waals surface area contributed by atoms with Gasteiger partial charge in [0, 0.05) is 10.0 Å². The van der Waals surface area contributed by atoms with Crippen LogP contribution in [0.5, 0.6) is 0 Å². The highest BCUT2D eigenvalue weighted by molar-refractivity contribution is 9.10. The third kappa shape index (κ3) is 2.71. The first-order valence-corrected chi connectivity index (χ1v) is 5.85. The Morgan fingerprint density at radius 1 is 1.53 bits per heavy atom. The first-order chi connectivity index (χ1) is 8.20. The topological polar surface area (TPSA) is 67.9 Å². The van der Waals surface area contributed by atoms with Crippen molar-refractivity contribution in [3.05, 3.63) is 34.6 Å². The summed E-state index contributed by atoms with van der Waals surface area (Å²) >= 11 is 3.36. The summed E-state index contributed by atoms with van der Waals surface area (Å²) < 4.78 is 5.75. The number of nitrogens with one attached hydrogen (secondary N) is 1. The number of carbonyl (C=O) groups excluding carboxylic acids is 1. The summed E-state index contributed by atoms with van der Waals surface area (Å²) in [6.07, 6.45) is 0. The maximum Gasteiger partial charge on any atom is 0.375 e. The van der Waals surface area contributed by atoms with Crippen LogP contribution in [0.4, 0.5) is 0 Å². The lowest BCUT2D eigenvalue weighted by atomic mass is 10.2. The quantitative estimate of drug-likeness (QED) is 0.883. The van der Waals surface area contributed by atoms with Crippen LogP contribution in [0.1, 0.15) is 17.5 Å². The van der Waals surface area contributed by atoms with Crippen molar-refractivity contribution < 1.29 is 9.53 Å². The van der Waals surface area contributed by atoms with Gasteiger partial charge in [-0.1, -0.05) is 28.1 Å². The molecule has 0 radical (unpaired) electrons. The van der Waals surface area contributed by atoms with Gasteiger partial charge in [0.15, 0.2) is 5.82 Å². The van der Waals surface area contributed by atoms with Gasteiger partial charge >= 0.3 is 5.97 Å². The lowest BCUT2D eigenvalue weighted by Crippen LogP contribution is -2.06. The van der Waals surface area contributed by atoms with Gasteiger partial charge in [0.05, 0.1) is 6.61 Å². The van der Waals surface area contributed by atoms with Gasteiger partial charge in [-0.25, -0.2) is 9.78 Å². The van der Waals surface area contributed by atoms with Gasteiger partial charge in [0.25, 0.3) is 0 Å². The van der Waals surface area contributed by atoms with E-state index in [1.165, 1.54) is 0 Å². The molecule has 0 aliphatic heterocycles. The zero-order valence-electron chi connectivity index (χ0n) is 9.11. The average Bonchev–Trinajstić information content (AvgIpc) is 2.78. The summed E-state index contributed by atoms with van der Waals surface area (Å²) in [6.45, 7) is 2.05. The number of H-pyrrole nitrogens is 1. The number of esters is 1. The molecule has 0 atom stereocenters. The number of nitrogens with zero attached hydrogens (tertiary/aromatic N) is 2. The molecule has 1 heterocycles. The number of carbonyl (C=O) groups is 1. The molecule has 0 aliphatic rings. The minimum Gasteiger partial charge on any atom is -0.460 e. The Hall–Kier alpha value is -1.69. The van der Waals surface area contributed by atoms with Gasteiger partial charge < -0.3 is 4.74 Å². The Morgan fingerprint density at radius 3 is 3.06 bits per heavy atom. The molecule has 17 heavy (non-hydrogen) atoms. The van der Waals surface area contributed by atoms with Crippen LogP contribution >= 0.6 is 15.9 Å². The van der Waals surface area contributed by atoms with Crippen LogP contribution in [0, 0.1) is 0 Å². The minimum atomic E-state index is -0.499. The second-order valence-corrected chi connectivity index (χ2v) is 4.15. The molecule has 0 unspecified atom stereocenters. The molecule has 6 heteroatoms. The molecule has 0 amide bonds. The van der Waals surface area contributed by atoms with Crippen LogP contribution in [0.25, 0.3) is 11.4 Å². The van der Waals surface area contributed by atoms with Crippen molar-refractivity contribution in [2.24, 2.45) is 0 Å². The predicted molar refractivity (Wildman–Crippen MR) is 65.5 cm³/mol. The predicted octanol–water partition coefficient (Wildman–Crippen LogP) is 2.41. The van der Waals surface area contributed by atoms with E-state index in [1.54, 1.807) is 6.92 Å². The van der Waals surface area contributed by atoms with Crippen LogP contribution in [0.3, 0.4) is 0 Å². The molecule has 0 fully saturated rings. The van der Waals surface area contributed by atoms with Crippen LogP contribution in [0.15, 0.2) is 28.7 Å². The highest BCUT2D eigenvalue weighted by Gasteiger charge is 2.13. The molecule has 2 rings (SSSR count). The van der Waals surface area contributed by atoms with Gasteiger partial charge in [-0.15, -0.1) is 0 Å². The van der Waals surface area contributed by atoms with Crippen LogP contribution in [-0.2, 0) is 4.74 Å². The third-order valence-electron chi connectivity index (χ3n) is 2.04.